The topological polar surface area (TPSA) is 29.0 Å². The van der Waals surface area contributed by atoms with E-state index in [0.717, 1.165) is 29.4 Å². The van der Waals surface area contributed by atoms with E-state index in [1.165, 1.54) is 0 Å². The summed E-state index contributed by atoms with van der Waals surface area (Å²) >= 11 is 0. The molecule has 0 radical (unpaired) electrons. The van der Waals surface area contributed by atoms with Gasteiger partial charge in [0.15, 0.2) is 0 Å². The minimum atomic E-state index is 0.821. The van der Waals surface area contributed by atoms with Crippen LogP contribution in [0, 0.1) is 6.92 Å². The average Bonchev–Trinajstić information content (AvgIpc) is 2.38. The molecule has 17 heavy (non-hydrogen) atoms. The predicted octanol–water partition coefficient (Wildman–Crippen LogP) is 3.12. The highest BCUT2D eigenvalue weighted by Crippen LogP contribution is 2.21. The van der Waals surface area contributed by atoms with Crippen LogP contribution in [0.25, 0.3) is 0 Å². The van der Waals surface area contributed by atoms with Gasteiger partial charge in [0.05, 0.1) is 0 Å². The zero-order valence-electron chi connectivity index (χ0n) is 10.5. The standard InChI is InChI=1S/C14H17N3/c1-4-12-10-14(16-11(2)15-12)17(3)13-8-6-5-7-9-13/h5-10H,4H2,1-3H3. The second kappa shape index (κ2) is 4.95. The number of anilines is 2. The van der Waals surface area contributed by atoms with Crippen molar-refractivity contribution in [3.05, 3.63) is 47.9 Å². The molecule has 1 heterocycles. The van der Waals surface area contributed by atoms with Crippen molar-refractivity contribution in [3.63, 3.8) is 0 Å². The van der Waals surface area contributed by atoms with E-state index in [0.29, 0.717) is 0 Å². The van der Waals surface area contributed by atoms with E-state index in [1.807, 2.05) is 38.2 Å². The van der Waals surface area contributed by atoms with Crippen LogP contribution < -0.4 is 4.90 Å². The van der Waals surface area contributed by atoms with Crippen LogP contribution in [0.15, 0.2) is 36.4 Å². The first-order valence-electron chi connectivity index (χ1n) is 5.84. The fourth-order valence-electron chi connectivity index (χ4n) is 1.75. The molecule has 0 aliphatic carbocycles. The summed E-state index contributed by atoms with van der Waals surface area (Å²) in [5.74, 6) is 1.77. The van der Waals surface area contributed by atoms with Crippen LogP contribution in [0.2, 0.25) is 0 Å². The molecule has 3 nitrogen and oxygen atoms in total. The van der Waals surface area contributed by atoms with E-state index in [2.05, 4.69) is 33.9 Å². The SMILES string of the molecule is CCc1cc(N(C)c2ccccc2)nc(C)n1. The van der Waals surface area contributed by atoms with E-state index in [9.17, 15) is 0 Å². The summed E-state index contributed by atoms with van der Waals surface area (Å²) in [5, 5.41) is 0. The lowest BCUT2D eigenvalue weighted by Crippen LogP contribution is -2.12. The van der Waals surface area contributed by atoms with E-state index in [1.54, 1.807) is 0 Å². The summed E-state index contributed by atoms with van der Waals surface area (Å²) in [6.07, 6.45) is 0.930. The maximum absolute atomic E-state index is 4.47. The summed E-state index contributed by atoms with van der Waals surface area (Å²) < 4.78 is 0. The van der Waals surface area contributed by atoms with E-state index >= 15 is 0 Å². The summed E-state index contributed by atoms with van der Waals surface area (Å²) in [6, 6.07) is 12.3. The average molecular weight is 227 g/mol. The molecule has 88 valence electrons. The summed E-state index contributed by atoms with van der Waals surface area (Å²) in [6.45, 7) is 4.04. The predicted molar refractivity (Wildman–Crippen MR) is 70.7 cm³/mol. The maximum Gasteiger partial charge on any atom is 0.136 e. The molecule has 0 fully saturated rings. The highest BCUT2D eigenvalue weighted by molar-refractivity contribution is 5.58. The first-order valence-corrected chi connectivity index (χ1v) is 5.84. The minimum absolute atomic E-state index is 0.821. The van der Waals surface area contributed by atoms with Gasteiger partial charge in [0, 0.05) is 24.5 Å². The highest BCUT2D eigenvalue weighted by atomic mass is 15.2. The van der Waals surface area contributed by atoms with Gasteiger partial charge in [-0.1, -0.05) is 25.1 Å². The normalized spacial score (nSPS) is 10.3. The van der Waals surface area contributed by atoms with Crippen molar-refractivity contribution >= 4 is 11.5 Å². The van der Waals surface area contributed by atoms with Gasteiger partial charge in [-0.15, -0.1) is 0 Å². The number of aromatic nitrogens is 2. The van der Waals surface area contributed by atoms with Crippen LogP contribution in [0.3, 0.4) is 0 Å². The Balaban J connectivity index is 2.37. The van der Waals surface area contributed by atoms with Crippen molar-refractivity contribution in [2.75, 3.05) is 11.9 Å². The van der Waals surface area contributed by atoms with Gasteiger partial charge in [-0.3, -0.25) is 0 Å². The second-order valence-electron chi connectivity index (χ2n) is 4.01. The van der Waals surface area contributed by atoms with E-state index in [4.69, 9.17) is 0 Å². The molecule has 0 spiro atoms. The van der Waals surface area contributed by atoms with Crippen LogP contribution >= 0.6 is 0 Å². The molecule has 0 saturated carbocycles. The molecule has 0 atom stereocenters. The molecule has 2 aromatic rings. The molecule has 0 unspecified atom stereocenters. The Morgan fingerprint density at radius 2 is 1.82 bits per heavy atom. The fraction of sp³-hybridized carbons (Fsp3) is 0.286. The van der Waals surface area contributed by atoms with Crippen LogP contribution in [-0.4, -0.2) is 17.0 Å². The Morgan fingerprint density at radius 1 is 1.12 bits per heavy atom. The third-order valence-electron chi connectivity index (χ3n) is 2.73. The van der Waals surface area contributed by atoms with Crippen molar-refractivity contribution in [2.24, 2.45) is 0 Å². The number of para-hydroxylation sites is 1. The number of benzene rings is 1. The summed E-state index contributed by atoms with van der Waals surface area (Å²) in [7, 11) is 2.02. The van der Waals surface area contributed by atoms with Crippen molar-refractivity contribution in [1.82, 2.24) is 9.97 Å². The van der Waals surface area contributed by atoms with Crippen molar-refractivity contribution in [2.45, 2.75) is 20.3 Å². The molecule has 1 aromatic carbocycles. The molecule has 0 aliphatic heterocycles. The lowest BCUT2D eigenvalue weighted by atomic mass is 10.2. The van der Waals surface area contributed by atoms with Crippen molar-refractivity contribution < 1.29 is 0 Å². The largest absolute Gasteiger partial charge is 0.329 e. The number of nitrogens with zero attached hydrogens (tertiary/aromatic N) is 3. The Labute approximate surface area is 102 Å². The number of hydrogen-bond acceptors (Lipinski definition) is 3. The maximum atomic E-state index is 4.47. The lowest BCUT2D eigenvalue weighted by Gasteiger charge is -2.19. The monoisotopic (exact) mass is 227 g/mol. The first-order chi connectivity index (χ1) is 8.20. The van der Waals surface area contributed by atoms with Gasteiger partial charge in [0.2, 0.25) is 0 Å². The smallest absolute Gasteiger partial charge is 0.136 e. The van der Waals surface area contributed by atoms with Crippen LogP contribution in [0.5, 0.6) is 0 Å². The molecule has 0 saturated heterocycles. The zero-order valence-corrected chi connectivity index (χ0v) is 10.5. The molecule has 3 heteroatoms. The quantitative estimate of drug-likeness (QED) is 0.806. The Bertz CT molecular complexity index is 494. The Hall–Kier alpha value is -1.90. The van der Waals surface area contributed by atoms with Gasteiger partial charge in [-0.05, 0) is 25.5 Å². The van der Waals surface area contributed by atoms with Gasteiger partial charge in [-0.2, -0.15) is 0 Å². The lowest BCUT2D eigenvalue weighted by molar-refractivity contribution is 0.934. The molecule has 1 aromatic heterocycles. The number of hydrogen-bond donors (Lipinski definition) is 0. The fourth-order valence-corrected chi connectivity index (χ4v) is 1.75. The van der Waals surface area contributed by atoms with E-state index < -0.39 is 0 Å². The molecule has 0 bridgehead atoms. The van der Waals surface area contributed by atoms with Gasteiger partial charge in [0.1, 0.15) is 11.6 Å². The molecular formula is C14H17N3. The number of aryl methyl sites for hydroxylation is 2. The Kier molecular flexibility index (Phi) is 3.38. The van der Waals surface area contributed by atoms with Crippen LogP contribution in [0.4, 0.5) is 11.5 Å². The molecular weight excluding hydrogens is 210 g/mol. The Morgan fingerprint density at radius 3 is 2.47 bits per heavy atom. The van der Waals surface area contributed by atoms with Gasteiger partial charge >= 0.3 is 0 Å². The molecule has 0 amide bonds. The zero-order chi connectivity index (χ0) is 12.3. The van der Waals surface area contributed by atoms with Gasteiger partial charge in [0.25, 0.3) is 0 Å². The highest BCUT2D eigenvalue weighted by Gasteiger charge is 2.07. The second-order valence-corrected chi connectivity index (χ2v) is 4.01. The summed E-state index contributed by atoms with van der Waals surface area (Å²) in [4.78, 5) is 10.9. The van der Waals surface area contributed by atoms with Crippen molar-refractivity contribution in [1.29, 1.82) is 0 Å². The van der Waals surface area contributed by atoms with Gasteiger partial charge < -0.3 is 4.90 Å². The van der Waals surface area contributed by atoms with E-state index in [-0.39, 0.29) is 0 Å². The van der Waals surface area contributed by atoms with Crippen molar-refractivity contribution in [3.8, 4) is 0 Å². The molecule has 0 N–H and O–H groups in total. The van der Waals surface area contributed by atoms with Crippen LogP contribution in [-0.2, 0) is 6.42 Å². The molecule has 0 aliphatic rings. The third-order valence-corrected chi connectivity index (χ3v) is 2.73. The minimum Gasteiger partial charge on any atom is -0.329 e. The summed E-state index contributed by atoms with van der Waals surface area (Å²) in [5.41, 5.74) is 2.21. The number of rotatable bonds is 3. The first kappa shape index (κ1) is 11.6. The van der Waals surface area contributed by atoms with Gasteiger partial charge in [-0.25, -0.2) is 9.97 Å². The third kappa shape index (κ3) is 2.61. The molecule has 2 rings (SSSR count). The van der Waals surface area contributed by atoms with Crippen LogP contribution in [0.1, 0.15) is 18.4 Å².